The third-order valence-corrected chi connectivity index (χ3v) is 7.14. The normalized spacial score (nSPS) is 16.8. The van der Waals surface area contributed by atoms with Gasteiger partial charge in [0.2, 0.25) is 5.91 Å². The van der Waals surface area contributed by atoms with Crippen molar-refractivity contribution in [2.45, 2.75) is 43.1 Å². The predicted molar refractivity (Wildman–Crippen MR) is 116 cm³/mol. The maximum atomic E-state index is 13.2. The number of aryl methyl sites for hydroxylation is 1. The summed E-state index contributed by atoms with van der Waals surface area (Å²) >= 11 is 0. The number of amides is 1. The second-order valence-corrected chi connectivity index (χ2v) is 9.78. The van der Waals surface area contributed by atoms with E-state index in [1.54, 1.807) is 16.8 Å². The highest BCUT2D eigenvalue weighted by Gasteiger charge is 2.23. The van der Waals surface area contributed by atoms with E-state index >= 15 is 0 Å². The molecule has 2 heterocycles. The molecule has 6 nitrogen and oxygen atoms in total. The number of aromatic nitrogens is 1. The van der Waals surface area contributed by atoms with Crippen LogP contribution in [0, 0.1) is 6.92 Å². The van der Waals surface area contributed by atoms with Gasteiger partial charge in [-0.05, 0) is 31.4 Å². The summed E-state index contributed by atoms with van der Waals surface area (Å²) in [7, 11) is -3.57. The van der Waals surface area contributed by atoms with Crippen LogP contribution < -0.4 is 5.32 Å². The molecule has 0 spiro atoms. The van der Waals surface area contributed by atoms with E-state index < -0.39 is 9.84 Å². The van der Waals surface area contributed by atoms with Crippen LogP contribution >= 0.6 is 0 Å². The molecule has 1 aliphatic heterocycles. The number of hydrogen-bond acceptors (Lipinski definition) is 4. The Morgan fingerprint density at radius 2 is 1.93 bits per heavy atom. The van der Waals surface area contributed by atoms with Crippen molar-refractivity contribution in [2.75, 3.05) is 13.2 Å². The highest BCUT2D eigenvalue weighted by Crippen LogP contribution is 2.28. The van der Waals surface area contributed by atoms with Crippen molar-refractivity contribution in [2.24, 2.45) is 0 Å². The molecule has 1 atom stereocenters. The van der Waals surface area contributed by atoms with Crippen molar-refractivity contribution in [1.29, 1.82) is 0 Å². The van der Waals surface area contributed by atoms with Gasteiger partial charge in [0.05, 0.1) is 16.8 Å². The molecule has 1 aliphatic rings. The Labute approximate surface area is 176 Å². The van der Waals surface area contributed by atoms with Gasteiger partial charge < -0.3 is 14.6 Å². The average molecular weight is 427 g/mol. The zero-order valence-electron chi connectivity index (χ0n) is 17.0. The molecule has 0 bridgehead atoms. The molecule has 4 rings (SSSR count). The van der Waals surface area contributed by atoms with Gasteiger partial charge in [0.15, 0.2) is 9.84 Å². The molecule has 0 aliphatic carbocycles. The summed E-state index contributed by atoms with van der Waals surface area (Å²) in [4.78, 5) is 12.7. The van der Waals surface area contributed by atoms with Gasteiger partial charge in [-0.2, -0.15) is 0 Å². The smallest absolute Gasteiger partial charge is 0.240 e. The monoisotopic (exact) mass is 426 g/mol. The van der Waals surface area contributed by atoms with Gasteiger partial charge in [0.25, 0.3) is 0 Å². The van der Waals surface area contributed by atoms with E-state index in [0.717, 1.165) is 36.1 Å². The Morgan fingerprint density at radius 1 is 1.17 bits per heavy atom. The Balaban J connectivity index is 1.56. The molecule has 30 heavy (non-hydrogen) atoms. The molecule has 1 fully saturated rings. The van der Waals surface area contributed by atoms with Crippen molar-refractivity contribution in [3.8, 4) is 0 Å². The summed E-state index contributed by atoms with van der Waals surface area (Å²) in [5, 5.41) is 3.53. The van der Waals surface area contributed by atoms with Crippen molar-refractivity contribution in [3.05, 3.63) is 65.9 Å². The molecular weight excluding hydrogens is 400 g/mol. The molecule has 2 aromatic carbocycles. The van der Waals surface area contributed by atoms with Crippen molar-refractivity contribution in [1.82, 2.24) is 9.88 Å². The number of fused-ring (bicyclic) bond motifs is 1. The summed E-state index contributed by atoms with van der Waals surface area (Å²) in [5.74, 6) is -0.235. The molecule has 0 radical (unpaired) electrons. The van der Waals surface area contributed by atoms with Gasteiger partial charge >= 0.3 is 0 Å². The third-order valence-electron chi connectivity index (χ3n) is 5.43. The van der Waals surface area contributed by atoms with Crippen molar-refractivity contribution in [3.63, 3.8) is 0 Å². The second kappa shape index (κ2) is 8.62. The van der Waals surface area contributed by atoms with Crippen LogP contribution in [-0.2, 0) is 31.7 Å². The fraction of sp³-hybridized carbons (Fsp3) is 0.348. The fourth-order valence-corrected chi connectivity index (χ4v) is 5.40. The number of nitrogens with zero attached hydrogens (tertiary/aromatic N) is 1. The first-order valence-electron chi connectivity index (χ1n) is 10.2. The Kier molecular flexibility index (Phi) is 5.92. The van der Waals surface area contributed by atoms with E-state index in [1.807, 2.05) is 49.4 Å². The van der Waals surface area contributed by atoms with Crippen LogP contribution in [0.3, 0.4) is 0 Å². The van der Waals surface area contributed by atoms with Crippen LogP contribution in [-0.4, -0.2) is 38.1 Å². The minimum absolute atomic E-state index is 0.0628. The van der Waals surface area contributed by atoms with Crippen LogP contribution in [0.2, 0.25) is 0 Å². The van der Waals surface area contributed by atoms with Crippen LogP contribution in [0.1, 0.15) is 24.0 Å². The SMILES string of the molecule is Cc1ccc(CS(=O)(=O)c2cn(CC(=O)NC[C@H]3CCCO3)c3ccccc23)cc1. The number of benzene rings is 2. The lowest BCUT2D eigenvalue weighted by atomic mass is 10.2. The third kappa shape index (κ3) is 4.57. The summed E-state index contributed by atoms with van der Waals surface area (Å²) in [6.07, 6.45) is 3.62. The van der Waals surface area contributed by atoms with E-state index in [-0.39, 0.29) is 29.2 Å². The van der Waals surface area contributed by atoms with Gasteiger partial charge in [0.1, 0.15) is 6.54 Å². The highest BCUT2D eigenvalue weighted by atomic mass is 32.2. The van der Waals surface area contributed by atoms with Crippen LogP contribution in [0.4, 0.5) is 0 Å². The van der Waals surface area contributed by atoms with Gasteiger partial charge in [-0.1, -0.05) is 48.0 Å². The average Bonchev–Trinajstić information content (AvgIpc) is 3.37. The molecule has 7 heteroatoms. The number of carbonyl (C=O) groups is 1. The first kappa shape index (κ1) is 20.6. The largest absolute Gasteiger partial charge is 0.376 e. The lowest BCUT2D eigenvalue weighted by Gasteiger charge is -2.11. The topological polar surface area (TPSA) is 77.4 Å². The summed E-state index contributed by atoms with van der Waals surface area (Å²) in [6.45, 7) is 3.25. The molecular formula is C23H26N2O4S. The summed E-state index contributed by atoms with van der Waals surface area (Å²) < 4.78 is 33.6. The van der Waals surface area contributed by atoms with Crippen molar-refractivity contribution >= 4 is 26.6 Å². The number of rotatable bonds is 7. The molecule has 0 saturated carbocycles. The number of ether oxygens (including phenoxy) is 1. The molecule has 3 aromatic rings. The summed E-state index contributed by atoms with van der Waals surface area (Å²) in [6, 6.07) is 14.8. The fourth-order valence-electron chi connectivity index (χ4n) is 3.82. The number of hydrogen-bond donors (Lipinski definition) is 1. The molecule has 1 N–H and O–H groups in total. The standard InChI is InChI=1S/C23H26N2O4S/c1-17-8-10-18(11-9-17)16-30(27,28)22-14-25(21-7-3-2-6-20(21)22)15-23(26)24-13-19-5-4-12-29-19/h2-3,6-11,14,19H,4-5,12-13,15-16H2,1H3,(H,24,26)/t19-/m1/s1. The first-order valence-corrected chi connectivity index (χ1v) is 11.8. The van der Waals surface area contributed by atoms with Gasteiger partial charge in [-0.3, -0.25) is 4.79 Å². The van der Waals surface area contributed by atoms with Crippen LogP contribution in [0.5, 0.6) is 0 Å². The van der Waals surface area contributed by atoms with Crippen LogP contribution in [0.25, 0.3) is 10.9 Å². The van der Waals surface area contributed by atoms with E-state index in [9.17, 15) is 13.2 Å². The van der Waals surface area contributed by atoms with Crippen LogP contribution in [0.15, 0.2) is 59.6 Å². The van der Waals surface area contributed by atoms with Crippen molar-refractivity contribution < 1.29 is 17.9 Å². The number of nitrogens with one attached hydrogen (secondary N) is 1. The minimum Gasteiger partial charge on any atom is -0.376 e. The molecule has 1 saturated heterocycles. The molecule has 1 amide bonds. The van der Waals surface area contributed by atoms with Gasteiger partial charge in [-0.15, -0.1) is 0 Å². The Bertz CT molecular complexity index is 1140. The molecule has 1 aromatic heterocycles. The van der Waals surface area contributed by atoms with E-state index in [1.165, 1.54) is 0 Å². The van der Waals surface area contributed by atoms with Gasteiger partial charge in [-0.25, -0.2) is 8.42 Å². The first-order chi connectivity index (χ1) is 14.4. The molecule has 158 valence electrons. The lowest BCUT2D eigenvalue weighted by molar-refractivity contribution is -0.122. The summed E-state index contributed by atoms with van der Waals surface area (Å²) in [5.41, 5.74) is 2.56. The number of para-hydroxylation sites is 1. The maximum Gasteiger partial charge on any atom is 0.240 e. The zero-order valence-corrected chi connectivity index (χ0v) is 17.8. The number of sulfone groups is 1. The zero-order chi connectivity index (χ0) is 21.1. The highest BCUT2D eigenvalue weighted by molar-refractivity contribution is 7.90. The number of carbonyl (C=O) groups excluding carboxylic acids is 1. The minimum atomic E-state index is -3.57. The lowest BCUT2D eigenvalue weighted by Crippen LogP contribution is -2.34. The van der Waals surface area contributed by atoms with E-state index in [2.05, 4.69) is 5.32 Å². The second-order valence-electron chi connectivity index (χ2n) is 7.82. The van der Waals surface area contributed by atoms with Gasteiger partial charge in [0, 0.05) is 30.3 Å². The Morgan fingerprint density at radius 3 is 2.67 bits per heavy atom. The predicted octanol–water partition coefficient (Wildman–Crippen LogP) is 3.22. The molecule has 0 unspecified atom stereocenters. The van der Waals surface area contributed by atoms with E-state index in [0.29, 0.717) is 11.9 Å². The Hall–Kier alpha value is -2.64. The quantitative estimate of drug-likeness (QED) is 0.629. The maximum absolute atomic E-state index is 13.2. The van der Waals surface area contributed by atoms with E-state index in [4.69, 9.17) is 4.74 Å².